The smallest absolute Gasteiger partial charge is 0.310 e. The van der Waals surface area contributed by atoms with E-state index in [1.54, 1.807) is 0 Å². The van der Waals surface area contributed by atoms with Gasteiger partial charge < -0.3 is 10.0 Å². The molecule has 1 heterocycles. The van der Waals surface area contributed by atoms with E-state index in [4.69, 9.17) is 0 Å². The van der Waals surface area contributed by atoms with E-state index < -0.39 is 11.4 Å². The van der Waals surface area contributed by atoms with Crippen LogP contribution in [0.25, 0.3) is 0 Å². The minimum absolute atomic E-state index is 0.437. The van der Waals surface area contributed by atoms with Gasteiger partial charge in [0.15, 0.2) is 0 Å². The van der Waals surface area contributed by atoms with Crippen molar-refractivity contribution in [3.63, 3.8) is 0 Å². The summed E-state index contributed by atoms with van der Waals surface area (Å²) in [5, 5.41) is 9.62. The Hall–Kier alpha value is -0.570. The first-order chi connectivity index (χ1) is 8.66. The molecule has 2 aliphatic rings. The van der Waals surface area contributed by atoms with E-state index >= 15 is 0 Å². The molecule has 1 aliphatic heterocycles. The van der Waals surface area contributed by atoms with Crippen LogP contribution in [0.3, 0.4) is 0 Å². The SMILES string of the molecule is CCC1CCCN(CC2(C(=O)O)CCCCC2)C1. The Kier molecular flexibility index (Phi) is 4.66. The molecule has 0 spiro atoms. The molecule has 0 aromatic carbocycles. The largest absolute Gasteiger partial charge is 0.481 e. The Morgan fingerprint density at radius 1 is 1.28 bits per heavy atom. The van der Waals surface area contributed by atoms with Gasteiger partial charge in [-0.1, -0.05) is 32.6 Å². The zero-order valence-corrected chi connectivity index (χ0v) is 11.7. The second-order valence-electron chi connectivity index (χ2n) is 6.30. The molecule has 3 heteroatoms. The number of likely N-dealkylation sites (tertiary alicyclic amines) is 1. The number of nitrogens with zero attached hydrogens (tertiary/aromatic N) is 1. The van der Waals surface area contributed by atoms with Crippen molar-refractivity contribution in [3.8, 4) is 0 Å². The summed E-state index contributed by atoms with van der Waals surface area (Å²) in [4.78, 5) is 14.1. The number of piperidine rings is 1. The molecule has 1 saturated heterocycles. The Labute approximate surface area is 111 Å². The molecular weight excluding hydrogens is 226 g/mol. The Bertz CT molecular complexity index is 284. The van der Waals surface area contributed by atoms with Crippen molar-refractivity contribution < 1.29 is 9.90 Å². The molecule has 2 rings (SSSR count). The van der Waals surface area contributed by atoms with Crippen LogP contribution in [0.5, 0.6) is 0 Å². The van der Waals surface area contributed by atoms with Gasteiger partial charge in [-0.25, -0.2) is 0 Å². The Morgan fingerprint density at radius 3 is 2.61 bits per heavy atom. The first-order valence-electron chi connectivity index (χ1n) is 7.62. The van der Waals surface area contributed by atoms with Crippen LogP contribution in [-0.2, 0) is 4.79 Å². The third kappa shape index (κ3) is 3.05. The van der Waals surface area contributed by atoms with Crippen LogP contribution in [-0.4, -0.2) is 35.6 Å². The fraction of sp³-hybridized carbons (Fsp3) is 0.933. The summed E-state index contributed by atoms with van der Waals surface area (Å²) in [7, 11) is 0. The van der Waals surface area contributed by atoms with E-state index in [0.717, 1.165) is 51.2 Å². The van der Waals surface area contributed by atoms with Crippen molar-refractivity contribution in [1.82, 2.24) is 4.90 Å². The quantitative estimate of drug-likeness (QED) is 0.836. The molecule has 0 bridgehead atoms. The van der Waals surface area contributed by atoms with Crippen LogP contribution < -0.4 is 0 Å². The van der Waals surface area contributed by atoms with Crippen LogP contribution in [0.4, 0.5) is 0 Å². The van der Waals surface area contributed by atoms with E-state index in [1.165, 1.54) is 25.7 Å². The zero-order valence-electron chi connectivity index (χ0n) is 11.7. The average molecular weight is 253 g/mol. The highest BCUT2D eigenvalue weighted by Gasteiger charge is 2.41. The number of aliphatic carboxylic acids is 1. The van der Waals surface area contributed by atoms with Crippen LogP contribution >= 0.6 is 0 Å². The maximum Gasteiger partial charge on any atom is 0.310 e. The van der Waals surface area contributed by atoms with Crippen LogP contribution in [0.1, 0.15) is 58.3 Å². The summed E-state index contributed by atoms with van der Waals surface area (Å²) in [6.07, 6.45) is 8.98. The lowest BCUT2D eigenvalue weighted by atomic mass is 9.73. The summed E-state index contributed by atoms with van der Waals surface area (Å²) >= 11 is 0. The standard InChI is InChI=1S/C15H27NO2/c1-2-13-7-6-10-16(11-13)12-15(14(17)18)8-4-3-5-9-15/h13H,2-12H2,1H3,(H,17,18). The molecule has 0 aromatic rings. The lowest BCUT2D eigenvalue weighted by Crippen LogP contribution is -2.47. The van der Waals surface area contributed by atoms with E-state index in [9.17, 15) is 9.90 Å². The number of rotatable bonds is 4. The fourth-order valence-corrected chi connectivity index (χ4v) is 3.72. The molecule has 18 heavy (non-hydrogen) atoms. The Morgan fingerprint density at radius 2 is 2.00 bits per heavy atom. The van der Waals surface area contributed by atoms with Crippen molar-refractivity contribution in [3.05, 3.63) is 0 Å². The van der Waals surface area contributed by atoms with Crippen molar-refractivity contribution in [2.24, 2.45) is 11.3 Å². The molecule has 0 amide bonds. The predicted molar refractivity (Wildman–Crippen MR) is 72.6 cm³/mol. The minimum atomic E-state index is -0.555. The maximum atomic E-state index is 11.7. The first kappa shape index (κ1) is 13.9. The fourth-order valence-electron chi connectivity index (χ4n) is 3.72. The second kappa shape index (κ2) is 6.05. The second-order valence-corrected chi connectivity index (χ2v) is 6.30. The van der Waals surface area contributed by atoms with Gasteiger partial charge in [-0.2, -0.15) is 0 Å². The van der Waals surface area contributed by atoms with Crippen molar-refractivity contribution in [2.45, 2.75) is 58.3 Å². The van der Waals surface area contributed by atoms with E-state index in [2.05, 4.69) is 11.8 Å². The number of carboxylic acids is 1. The Balaban J connectivity index is 1.98. The van der Waals surface area contributed by atoms with Crippen molar-refractivity contribution >= 4 is 5.97 Å². The third-order valence-electron chi connectivity index (χ3n) is 4.97. The normalized spacial score (nSPS) is 29.1. The van der Waals surface area contributed by atoms with Gasteiger partial charge >= 0.3 is 5.97 Å². The number of hydrogen-bond donors (Lipinski definition) is 1. The molecule has 1 unspecified atom stereocenters. The van der Waals surface area contributed by atoms with Crippen molar-refractivity contribution in [1.29, 1.82) is 0 Å². The lowest BCUT2D eigenvalue weighted by molar-refractivity contribution is -0.153. The van der Waals surface area contributed by atoms with Gasteiger partial charge in [0.1, 0.15) is 0 Å². The van der Waals surface area contributed by atoms with E-state index in [-0.39, 0.29) is 0 Å². The topological polar surface area (TPSA) is 40.5 Å². The third-order valence-corrected chi connectivity index (χ3v) is 4.97. The first-order valence-corrected chi connectivity index (χ1v) is 7.62. The van der Waals surface area contributed by atoms with E-state index in [0.29, 0.717) is 0 Å². The highest BCUT2D eigenvalue weighted by atomic mass is 16.4. The number of carbonyl (C=O) groups is 1. The molecule has 3 nitrogen and oxygen atoms in total. The summed E-state index contributed by atoms with van der Waals surface area (Å²) in [6, 6.07) is 0. The van der Waals surface area contributed by atoms with Gasteiger partial charge in [0.05, 0.1) is 5.41 Å². The summed E-state index contributed by atoms with van der Waals surface area (Å²) in [5.41, 5.74) is -0.437. The lowest BCUT2D eigenvalue weighted by Gasteiger charge is -2.41. The van der Waals surface area contributed by atoms with Crippen LogP contribution in [0.15, 0.2) is 0 Å². The molecule has 104 valence electrons. The number of carboxylic acid groups (broad SMARTS) is 1. The van der Waals surface area contributed by atoms with Gasteiger partial charge in [0.25, 0.3) is 0 Å². The summed E-state index contributed by atoms with van der Waals surface area (Å²) < 4.78 is 0. The monoisotopic (exact) mass is 253 g/mol. The zero-order chi connectivity index (χ0) is 13.0. The van der Waals surface area contributed by atoms with Gasteiger partial charge in [-0.15, -0.1) is 0 Å². The van der Waals surface area contributed by atoms with Gasteiger partial charge in [0.2, 0.25) is 0 Å². The molecule has 0 aromatic heterocycles. The van der Waals surface area contributed by atoms with E-state index in [1.807, 2.05) is 0 Å². The average Bonchev–Trinajstić information content (AvgIpc) is 2.40. The number of hydrogen-bond acceptors (Lipinski definition) is 2. The minimum Gasteiger partial charge on any atom is -0.481 e. The molecule has 2 fully saturated rings. The molecule has 1 N–H and O–H groups in total. The van der Waals surface area contributed by atoms with Gasteiger partial charge in [-0.05, 0) is 38.1 Å². The highest BCUT2D eigenvalue weighted by molar-refractivity contribution is 5.75. The molecule has 1 aliphatic carbocycles. The maximum absolute atomic E-state index is 11.7. The van der Waals surface area contributed by atoms with Gasteiger partial charge in [0, 0.05) is 13.1 Å². The van der Waals surface area contributed by atoms with Gasteiger partial charge in [-0.3, -0.25) is 4.79 Å². The predicted octanol–water partition coefficient (Wildman–Crippen LogP) is 3.14. The summed E-state index contributed by atoms with van der Waals surface area (Å²) in [5.74, 6) is 0.231. The molecule has 0 radical (unpaired) electrons. The molecular formula is C15H27NO2. The highest BCUT2D eigenvalue weighted by Crippen LogP contribution is 2.38. The molecule has 1 atom stereocenters. The molecule has 1 saturated carbocycles. The van der Waals surface area contributed by atoms with Crippen LogP contribution in [0.2, 0.25) is 0 Å². The van der Waals surface area contributed by atoms with Crippen molar-refractivity contribution in [2.75, 3.05) is 19.6 Å². The summed E-state index contributed by atoms with van der Waals surface area (Å²) in [6.45, 7) is 5.26. The van der Waals surface area contributed by atoms with Crippen LogP contribution in [0, 0.1) is 11.3 Å².